The van der Waals surface area contributed by atoms with Crippen LogP contribution in [0.3, 0.4) is 0 Å². The molecule has 2 rings (SSSR count). The second-order valence-corrected chi connectivity index (χ2v) is 48.9. The van der Waals surface area contributed by atoms with Crippen LogP contribution in [-0.2, 0) is 61.9 Å². The average molecular weight is 2120 g/mol. The van der Waals surface area contributed by atoms with Gasteiger partial charge in [0.2, 0.25) is 12.6 Å². The van der Waals surface area contributed by atoms with Crippen LogP contribution in [0.15, 0.2) is 46.6 Å². The maximum Gasteiger partial charge on any atom is 0.333 e. The third-order valence-electron chi connectivity index (χ3n) is 32.8. The molecule has 4 unspecified atom stereocenters. The van der Waals surface area contributed by atoms with E-state index in [0.29, 0.717) is 41.2 Å². The molecule has 0 aromatic carbocycles. The van der Waals surface area contributed by atoms with E-state index in [1.165, 1.54) is 424 Å². The number of rotatable bonds is 105. The highest BCUT2D eigenvalue weighted by Gasteiger charge is 2.56. The fraction of sp³-hybridized carbons (Fsp3) is 0.903. The Kier molecular flexibility index (Phi) is 93.1. The lowest BCUT2D eigenvalue weighted by Crippen LogP contribution is -2.66. The summed E-state index contributed by atoms with van der Waals surface area (Å²) in [7, 11) is 0. The molecule has 18 atom stereocenters. The van der Waals surface area contributed by atoms with E-state index < -0.39 is 104 Å². The molecular weight excluding hydrogens is 1870 g/mol. The van der Waals surface area contributed by atoms with Crippen LogP contribution in [0.2, 0.25) is 0 Å². The zero-order valence-electron chi connectivity index (χ0n) is 102. The van der Waals surface area contributed by atoms with Gasteiger partial charge in [-0.05, 0) is 107 Å². The third kappa shape index (κ3) is 76.7. The highest BCUT2D eigenvalue weighted by Crippen LogP contribution is 2.38. The molecule has 0 radical (unpaired) electrons. The second-order valence-electron chi connectivity index (χ2n) is 48.9. The van der Waals surface area contributed by atoms with Crippen LogP contribution in [-0.4, -0.2) is 120 Å². The molecule has 0 aromatic rings. The third-order valence-corrected chi connectivity index (χ3v) is 32.8. The van der Waals surface area contributed by atoms with E-state index in [1.807, 2.05) is 24.3 Å². The number of hydrogen-bond donors (Lipinski definition) is 3. The van der Waals surface area contributed by atoms with Crippen LogP contribution in [0.5, 0.6) is 0 Å². The fourth-order valence-electron chi connectivity index (χ4n) is 23.4. The maximum absolute atomic E-state index is 15.1. The van der Waals surface area contributed by atoms with Gasteiger partial charge in [0, 0.05) is 28.7 Å². The van der Waals surface area contributed by atoms with Gasteiger partial charge in [-0.1, -0.05) is 615 Å². The van der Waals surface area contributed by atoms with Crippen LogP contribution in [0.25, 0.3) is 0 Å². The highest BCUT2D eigenvalue weighted by molar-refractivity contribution is 5.89. The van der Waals surface area contributed by atoms with Crippen molar-refractivity contribution in [2.45, 2.75) is 718 Å². The molecule has 2 aliphatic rings. The molecule has 3 N–H and O–H groups in total. The predicted molar refractivity (Wildman–Crippen MR) is 633 cm³/mol. The lowest BCUT2D eigenvalue weighted by molar-refractivity contribution is -0.377. The first-order chi connectivity index (χ1) is 72.7. The first-order valence-electron chi connectivity index (χ1n) is 65.4. The maximum atomic E-state index is 15.1. The Morgan fingerprint density at radius 1 is 0.247 bits per heavy atom. The summed E-state index contributed by atoms with van der Waals surface area (Å²) in [5.74, 6) is -2.17. The normalized spacial score (nSPS) is 20.1. The summed E-state index contributed by atoms with van der Waals surface area (Å²) in [5.41, 5.74) is 1.18. The summed E-state index contributed by atoms with van der Waals surface area (Å²) in [4.78, 5) is 74.2. The smallest absolute Gasteiger partial charge is 0.333 e. The Balaban J connectivity index is 2.69. The molecule has 16 nitrogen and oxygen atoms in total. The van der Waals surface area contributed by atoms with Crippen LogP contribution in [0.4, 0.5) is 0 Å². The van der Waals surface area contributed by atoms with Crippen molar-refractivity contribution < 1.29 is 77.2 Å². The van der Waals surface area contributed by atoms with Gasteiger partial charge in [0.05, 0.1) is 6.61 Å². The van der Waals surface area contributed by atoms with Crippen LogP contribution >= 0.6 is 0 Å². The molecule has 0 amide bonds. The molecule has 0 aromatic heterocycles. The van der Waals surface area contributed by atoms with E-state index in [2.05, 4.69) is 90.0 Å². The number of allylic oxidation sites excluding steroid dienone is 4. The van der Waals surface area contributed by atoms with E-state index in [0.717, 1.165) is 103 Å². The Labute approximate surface area is 927 Å². The molecule has 2 saturated heterocycles. The molecule has 0 spiro atoms. The number of esters is 5. The minimum Gasteiger partial charge on any atom is -0.459 e. The topological polar surface area (TPSA) is 220 Å². The number of carbonyl (C=O) groups excluding carboxylic acids is 5. The first-order valence-corrected chi connectivity index (χ1v) is 65.4. The van der Waals surface area contributed by atoms with Crippen molar-refractivity contribution in [3.8, 4) is 0 Å². The van der Waals surface area contributed by atoms with Gasteiger partial charge in [0.15, 0.2) is 24.4 Å². The van der Waals surface area contributed by atoms with Gasteiger partial charge in [-0.25, -0.2) is 19.2 Å². The van der Waals surface area contributed by atoms with E-state index in [1.54, 1.807) is 27.7 Å². The lowest BCUT2D eigenvalue weighted by Gasteiger charge is -2.47. The molecular formula is C134H248O16. The SMILES string of the molecule is CCCCCCCCCCCCCCCCCC[C@H](C)C[C@H](C)/C=C(\C)C(=O)OCC1O[C@H](O[C@H]2OC(CO)[C@@H](OC(=O)/C(C)=C/[C@@H](C)C[C@@H](C)CCCCCCCCCCCCCCCCCC)C(O)[C@@H]2OC(=O)/C(C)=C/[C@@H](C)C[C@@H](C)CCCCCCCCCCCCCCCC)[C@H](OC(=O)CCCCCCCCCCCCCCC)C(OC(=O)/C(C)=C/[C@@H](C)C[C@@H](C)CCCCCCCCCCCCCCCCCC)[C@@H]1O. The summed E-state index contributed by atoms with van der Waals surface area (Å²) in [6.07, 6.45) is 93.8. The number of aliphatic hydroxyl groups is 3. The molecule has 150 heavy (non-hydrogen) atoms. The van der Waals surface area contributed by atoms with Gasteiger partial charge in [0.1, 0.15) is 31.0 Å². The van der Waals surface area contributed by atoms with Crippen LogP contribution in [0, 0.1) is 47.3 Å². The van der Waals surface area contributed by atoms with E-state index in [4.69, 9.17) is 37.9 Å². The van der Waals surface area contributed by atoms with Gasteiger partial charge in [-0.3, -0.25) is 4.79 Å². The minimum absolute atomic E-state index is 0.00177. The van der Waals surface area contributed by atoms with Gasteiger partial charge >= 0.3 is 29.8 Å². The predicted octanol–water partition coefficient (Wildman–Crippen LogP) is 39.1. The Hall–Kier alpha value is -3.93. The van der Waals surface area contributed by atoms with Crippen molar-refractivity contribution in [1.29, 1.82) is 0 Å². The van der Waals surface area contributed by atoms with Crippen molar-refractivity contribution in [2.75, 3.05) is 13.2 Å². The number of aliphatic hydroxyl groups excluding tert-OH is 3. The Morgan fingerprint density at radius 2 is 0.453 bits per heavy atom. The van der Waals surface area contributed by atoms with E-state index in [-0.39, 0.29) is 41.2 Å². The van der Waals surface area contributed by atoms with Crippen molar-refractivity contribution in [1.82, 2.24) is 0 Å². The summed E-state index contributed by atoms with van der Waals surface area (Å²) in [6, 6.07) is 0. The monoisotopic (exact) mass is 2110 g/mol. The summed E-state index contributed by atoms with van der Waals surface area (Å²) < 4.78 is 52.3. The van der Waals surface area contributed by atoms with E-state index in [9.17, 15) is 29.7 Å². The molecule has 880 valence electrons. The molecule has 0 aliphatic carbocycles. The average Bonchev–Trinajstić information content (AvgIpc) is 0.768. The fourth-order valence-corrected chi connectivity index (χ4v) is 23.4. The molecule has 2 fully saturated rings. The largest absolute Gasteiger partial charge is 0.459 e. The molecule has 2 heterocycles. The van der Waals surface area contributed by atoms with Crippen LogP contribution < -0.4 is 0 Å². The quantitative estimate of drug-likeness (QED) is 0.0223. The van der Waals surface area contributed by atoms with Crippen LogP contribution in [0.1, 0.15) is 657 Å². The van der Waals surface area contributed by atoms with Crippen molar-refractivity contribution in [3.63, 3.8) is 0 Å². The molecule has 2 aliphatic heterocycles. The standard InChI is InChI=1S/C134H248O16/c1-18-23-28-33-38-43-48-53-57-60-65-69-74-78-83-88-93-108(6)98-112(10)102-116(14)129(139)143-107-121-123(137)126(148-131(141)118(16)104-114(12)100-110(8)95-90-85-81-76-71-67-62-59-55-50-45-40-35-30-25-20-3)128(146-122(136)97-92-87-82-77-72-63-52-47-42-37-32-27-22-5)134(145-121)150-133-127(149-132(142)119(17)105-115(13)101-111(9)96-91-86-79-73-68-64-56-51-46-41-36-31-26-21-4)124(138)125(120(106-135)144-133)147-130(140)117(15)103-113(11)99-109(7)94-89-84-80-75-70-66-61-58-54-49-44-39-34-29-24-19-2/h102-105,108-115,120-121,123-128,133-135,137-138H,18-101,106-107H2,1-17H3/b116-102+,117-103+,118-104+,119-105+/t108-,109-,110-,111-,112-,113-,114-,115-,120?,121?,123+,124?,125+,126?,127-,128+,133+,134+/m0/s1. The molecule has 0 bridgehead atoms. The van der Waals surface area contributed by atoms with Gasteiger partial charge in [-0.2, -0.15) is 0 Å². The minimum atomic E-state index is -1.92. The summed E-state index contributed by atoms with van der Waals surface area (Å²) in [5, 5.41) is 37.6. The Bertz CT molecular complexity index is 3270. The highest BCUT2D eigenvalue weighted by atomic mass is 16.8. The van der Waals surface area contributed by atoms with Gasteiger partial charge < -0.3 is 53.2 Å². The van der Waals surface area contributed by atoms with Gasteiger partial charge in [-0.15, -0.1) is 0 Å². The lowest BCUT2D eigenvalue weighted by atomic mass is 9.91. The zero-order chi connectivity index (χ0) is 110. The number of unbranched alkanes of at least 4 members (excludes halogenated alkanes) is 70. The summed E-state index contributed by atoms with van der Waals surface area (Å²) in [6.45, 7) is 34.2. The van der Waals surface area contributed by atoms with Crippen molar-refractivity contribution >= 4 is 29.8 Å². The van der Waals surface area contributed by atoms with E-state index >= 15 is 9.59 Å². The van der Waals surface area contributed by atoms with Gasteiger partial charge in [0.25, 0.3) is 0 Å². The first kappa shape index (κ1) is 142. The number of carbonyl (C=O) groups is 5. The van der Waals surface area contributed by atoms with Crippen molar-refractivity contribution in [2.24, 2.45) is 47.3 Å². The van der Waals surface area contributed by atoms with Crippen molar-refractivity contribution in [3.05, 3.63) is 46.6 Å². The number of ether oxygens (including phenoxy) is 8. The molecule has 0 saturated carbocycles. The molecule has 16 heteroatoms. The zero-order valence-corrected chi connectivity index (χ0v) is 102. The Morgan fingerprint density at radius 3 is 0.700 bits per heavy atom. The second kappa shape index (κ2) is 98.2. The summed E-state index contributed by atoms with van der Waals surface area (Å²) >= 11 is 0. The number of hydrogen-bond acceptors (Lipinski definition) is 16.